The Morgan fingerprint density at radius 2 is 2.07 bits per heavy atom. The number of aryl methyl sites for hydroxylation is 1. The summed E-state index contributed by atoms with van der Waals surface area (Å²) in [5.41, 5.74) is 0.913. The zero-order valence-corrected chi connectivity index (χ0v) is 17.8. The van der Waals surface area contributed by atoms with E-state index in [-0.39, 0.29) is 0 Å². The molecule has 2 aliphatic heterocycles. The number of nitrogens with one attached hydrogen (secondary N) is 1. The first-order chi connectivity index (χ1) is 14.3. The van der Waals surface area contributed by atoms with Crippen molar-refractivity contribution >= 4 is 11.6 Å². The van der Waals surface area contributed by atoms with Crippen molar-refractivity contribution in [1.82, 2.24) is 29.7 Å². The van der Waals surface area contributed by atoms with Gasteiger partial charge in [-0.3, -0.25) is 9.39 Å². The monoisotopic (exact) mass is 397 g/mol. The topological polar surface area (TPSA) is 61.1 Å². The second-order valence-electron chi connectivity index (χ2n) is 8.35. The molecule has 0 spiro atoms. The molecule has 2 saturated heterocycles. The van der Waals surface area contributed by atoms with Gasteiger partial charge in [0.25, 0.3) is 0 Å². The number of aromatic nitrogens is 3. The predicted octanol–water partition coefficient (Wildman–Crippen LogP) is 2.44. The van der Waals surface area contributed by atoms with E-state index in [1.165, 1.54) is 45.3 Å². The van der Waals surface area contributed by atoms with Crippen molar-refractivity contribution in [2.45, 2.75) is 45.4 Å². The number of rotatable bonds is 7. The Hall–Kier alpha value is -2.15. The quantitative estimate of drug-likeness (QED) is 0.442. The number of piperidine rings is 1. The molecule has 158 valence electrons. The molecule has 2 aromatic heterocycles. The first-order valence-electron chi connectivity index (χ1n) is 11.4. The Labute approximate surface area is 174 Å². The predicted molar refractivity (Wildman–Crippen MR) is 117 cm³/mol. The van der Waals surface area contributed by atoms with Crippen LogP contribution in [0.5, 0.6) is 0 Å². The third kappa shape index (κ3) is 5.26. The smallest absolute Gasteiger partial charge is 0.193 e. The Morgan fingerprint density at radius 3 is 2.93 bits per heavy atom. The normalized spacial score (nSPS) is 21.2. The number of hydrogen-bond acceptors (Lipinski definition) is 4. The fourth-order valence-electron chi connectivity index (χ4n) is 4.59. The minimum Gasteiger partial charge on any atom is -0.357 e. The van der Waals surface area contributed by atoms with Crippen molar-refractivity contribution in [2.75, 3.05) is 45.8 Å². The molecule has 1 N–H and O–H groups in total. The van der Waals surface area contributed by atoms with Crippen molar-refractivity contribution in [3.05, 3.63) is 30.2 Å². The van der Waals surface area contributed by atoms with Crippen molar-refractivity contribution < 1.29 is 0 Å². The Kier molecular flexibility index (Phi) is 6.98. The molecule has 7 nitrogen and oxygen atoms in total. The van der Waals surface area contributed by atoms with E-state index in [0.29, 0.717) is 0 Å². The molecule has 0 amide bonds. The molecule has 1 unspecified atom stereocenters. The molecule has 0 bridgehead atoms. The van der Waals surface area contributed by atoms with Crippen molar-refractivity contribution in [1.29, 1.82) is 0 Å². The highest BCUT2D eigenvalue weighted by molar-refractivity contribution is 5.80. The van der Waals surface area contributed by atoms with Crippen molar-refractivity contribution in [3.8, 4) is 0 Å². The van der Waals surface area contributed by atoms with Crippen LogP contribution < -0.4 is 5.32 Å². The van der Waals surface area contributed by atoms with Gasteiger partial charge >= 0.3 is 0 Å². The SMILES string of the molecule is CCNC(=NCCCc1nnc2ccccn12)N1CCC(CN2CCCCC2)C1. The standard InChI is InChI=1S/C22H35N7/c1-2-23-22(28-16-11-19(18-28)17-27-13-5-3-6-14-27)24-12-8-10-21-26-25-20-9-4-7-15-29(20)21/h4,7,9,15,19H,2-3,5-6,8,10-14,16-18H2,1H3,(H,23,24). The van der Waals surface area contributed by atoms with Gasteiger partial charge in [-0.15, -0.1) is 10.2 Å². The molecule has 1 atom stereocenters. The van der Waals surface area contributed by atoms with Crippen LogP contribution in [0.15, 0.2) is 29.4 Å². The lowest BCUT2D eigenvalue weighted by atomic mass is 10.1. The van der Waals surface area contributed by atoms with E-state index in [4.69, 9.17) is 4.99 Å². The molecular formula is C22H35N7. The third-order valence-corrected chi connectivity index (χ3v) is 6.09. The van der Waals surface area contributed by atoms with Gasteiger partial charge in [0.05, 0.1) is 0 Å². The van der Waals surface area contributed by atoms with Gasteiger partial charge in [0.1, 0.15) is 5.82 Å². The molecule has 0 aromatic carbocycles. The number of hydrogen-bond donors (Lipinski definition) is 1. The summed E-state index contributed by atoms with van der Waals surface area (Å²) in [4.78, 5) is 10.1. The second kappa shape index (κ2) is 10.1. The summed E-state index contributed by atoms with van der Waals surface area (Å²) in [5, 5.41) is 12.1. The van der Waals surface area contributed by atoms with Crippen LogP contribution in [0.25, 0.3) is 5.65 Å². The third-order valence-electron chi connectivity index (χ3n) is 6.09. The molecule has 4 rings (SSSR count). The average Bonchev–Trinajstić information content (AvgIpc) is 3.38. The van der Waals surface area contributed by atoms with E-state index in [1.807, 2.05) is 24.4 Å². The first-order valence-corrected chi connectivity index (χ1v) is 11.4. The maximum absolute atomic E-state index is 4.92. The number of likely N-dealkylation sites (tertiary alicyclic amines) is 2. The van der Waals surface area contributed by atoms with Crippen LogP contribution in [0.1, 0.15) is 44.9 Å². The Balaban J connectivity index is 1.27. The summed E-state index contributed by atoms with van der Waals surface area (Å²) in [6.45, 7) is 9.99. The Bertz CT molecular complexity index is 793. The van der Waals surface area contributed by atoms with Crippen LogP contribution >= 0.6 is 0 Å². The molecule has 0 saturated carbocycles. The largest absolute Gasteiger partial charge is 0.357 e. The van der Waals surface area contributed by atoms with Gasteiger partial charge in [-0.1, -0.05) is 12.5 Å². The highest BCUT2D eigenvalue weighted by Gasteiger charge is 2.26. The minimum absolute atomic E-state index is 0.777. The molecular weight excluding hydrogens is 362 g/mol. The van der Waals surface area contributed by atoms with E-state index in [1.54, 1.807) is 0 Å². The highest BCUT2D eigenvalue weighted by atomic mass is 15.3. The molecule has 0 radical (unpaired) electrons. The van der Waals surface area contributed by atoms with Gasteiger partial charge < -0.3 is 15.1 Å². The van der Waals surface area contributed by atoms with Crippen LogP contribution in [-0.2, 0) is 6.42 Å². The molecule has 7 heteroatoms. The molecule has 4 heterocycles. The van der Waals surface area contributed by atoms with Crippen molar-refractivity contribution in [3.63, 3.8) is 0 Å². The lowest BCUT2D eigenvalue weighted by molar-refractivity contribution is 0.198. The minimum atomic E-state index is 0.777. The van der Waals surface area contributed by atoms with Crippen LogP contribution in [0.3, 0.4) is 0 Å². The zero-order valence-electron chi connectivity index (χ0n) is 17.8. The highest BCUT2D eigenvalue weighted by Crippen LogP contribution is 2.20. The molecule has 0 aliphatic carbocycles. The van der Waals surface area contributed by atoms with E-state index >= 15 is 0 Å². The summed E-state index contributed by atoms with van der Waals surface area (Å²) >= 11 is 0. The van der Waals surface area contributed by atoms with E-state index in [2.05, 4.69) is 36.6 Å². The van der Waals surface area contributed by atoms with Gasteiger partial charge in [0.15, 0.2) is 11.6 Å². The van der Waals surface area contributed by atoms with Crippen LogP contribution in [0, 0.1) is 5.92 Å². The Morgan fingerprint density at radius 1 is 1.17 bits per heavy atom. The summed E-state index contributed by atoms with van der Waals surface area (Å²) in [5.74, 6) is 2.88. The van der Waals surface area contributed by atoms with Crippen LogP contribution in [0.4, 0.5) is 0 Å². The number of pyridine rings is 1. The van der Waals surface area contributed by atoms with Gasteiger partial charge in [-0.2, -0.15) is 0 Å². The van der Waals surface area contributed by atoms with E-state index in [0.717, 1.165) is 62.4 Å². The number of fused-ring (bicyclic) bond motifs is 1. The average molecular weight is 398 g/mol. The molecule has 2 aliphatic rings. The number of guanidine groups is 1. The maximum Gasteiger partial charge on any atom is 0.193 e. The number of aliphatic imine (C=N–C) groups is 1. The van der Waals surface area contributed by atoms with Gasteiger partial charge in [0, 0.05) is 45.3 Å². The molecule has 2 aromatic rings. The number of nitrogens with zero attached hydrogens (tertiary/aromatic N) is 6. The molecule has 29 heavy (non-hydrogen) atoms. The summed E-state index contributed by atoms with van der Waals surface area (Å²) in [7, 11) is 0. The van der Waals surface area contributed by atoms with Crippen LogP contribution in [-0.4, -0.2) is 76.2 Å². The van der Waals surface area contributed by atoms with E-state index < -0.39 is 0 Å². The summed E-state index contributed by atoms with van der Waals surface area (Å²) in [6.07, 6.45) is 9.36. The summed E-state index contributed by atoms with van der Waals surface area (Å²) in [6, 6.07) is 6.01. The molecule has 2 fully saturated rings. The van der Waals surface area contributed by atoms with Crippen LogP contribution in [0.2, 0.25) is 0 Å². The maximum atomic E-state index is 4.92. The summed E-state index contributed by atoms with van der Waals surface area (Å²) < 4.78 is 2.07. The van der Waals surface area contributed by atoms with Gasteiger partial charge in [-0.25, -0.2) is 0 Å². The second-order valence-corrected chi connectivity index (χ2v) is 8.35. The first kappa shape index (κ1) is 20.1. The van der Waals surface area contributed by atoms with Gasteiger partial charge in [0.2, 0.25) is 0 Å². The fraction of sp³-hybridized carbons (Fsp3) is 0.682. The lowest BCUT2D eigenvalue weighted by Crippen LogP contribution is -2.41. The van der Waals surface area contributed by atoms with Gasteiger partial charge in [-0.05, 0) is 63.7 Å². The fourth-order valence-corrected chi connectivity index (χ4v) is 4.59. The van der Waals surface area contributed by atoms with Crippen molar-refractivity contribution in [2.24, 2.45) is 10.9 Å². The lowest BCUT2D eigenvalue weighted by Gasteiger charge is -2.29. The van der Waals surface area contributed by atoms with E-state index in [9.17, 15) is 0 Å². The zero-order chi connectivity index (χ0) is 19.9.